The van der Waals surface area contributed by atoms with E-state index < -0.39 is 0 Å². The van der Waals surface area contributed by atoms with Crippen molar-refractivity contribution in [3.63, 3.8) is 0 Å². The second kappa shape index (κ2) is 6.02. The summed E-state index contributed by atoms with van der Waals surface area (Å²) in [7, 11) is 0. The average Bonchev–Trinajstić information content (AvgIpc) is 2.54. The van der Waals surface area contributed by atoms with E-state index in [1.807, 2.05) is 6.07 Å². The maximum absolute atomic E-state index is 6.39. The van der Waals surface area contributed by atoms with E-state index >= 15 is 0 Å². The van der Waals surface area contributed by atoms with Gasteiger partial charge in [0.2, 0.25) is 0 Å². The Morgan fingerprint density at radius 2 is 2.11 bits per heavy atom. The molecule has 1 atom stereocenters. The Labute approximate surface area is 129 Å². The third-order valence-electron chi connectivity index (χ3n) is 3.69. The molecule has 0 spiro atoms. The normalized spacial score (nSPS) is 21.3. The average molecular weight is 346 g/mol. The highest BCUT2D eigenvalue weighted by Crippen LogP contribution is 2.31. The number of rotatable bonds is 1. The summed E-state index contributed by atoms with van der Waals surface area (Å²) >= 11 is 9.85. The first kappa shape index (κ1) is 15.1. The van der Waals surface area contributed by atoms with Crippen LogP contribution in [0.15, 0.2) is 22.7 Å². The highest BCUT2D eigenvalue weighted by Gasteiger charge is 2.28. The van der Waals surface area contributed by atoms with Crippen molar-refractivity contribution in [1.29, 1.82) is 0 Å². The SMILES string of the molecule is CC(C)(C)C1CN(c2ccc(Br)cc2Cl)CCCN1. The number of benzene rings is 1. The monoisotopic (exact) mass is 344 g/mol. The molecule has 2 rings (SSSR count). The molecule has 1 aliphatic heterocycles. The van der Waals surface area contributed by atoms with Gasteiger partial charge in [-0.3, -0.25) is 0 Å². The minimum Gasteiger partial charge on any atom is -0.369 e. The van der Waals surface area contributed by atoms with Crippen LogP contribution in [0.5, 0.6) is 0 Å². The van der Waals surface area contributed by atoms with Crippen molar-refractivity contribution >= 4 is 33.2 Å². The lowest BCUT2D eigenvalue weighted by molar-refractivity contribution is 0.280. The molecule has 106 valence electrons. The summed E-state index contributed by atoms with van der Waals surface area (Å²) in [4.78, 5) is 2.41. The summed E-state index contributed by atoms with van der Waals surface area (Å²) in [5.41, 5.74) is 1.40. The minimum atomic E-state index is 0.254. The molecule has 1 heterocycles. The van der Waals surface area contributed by atoms with E-state index in [9.17, 15) is 0 Å². The van der Waals surface area contributed by atoms with Crippen molar-refractivity contribution in [2.45, 2.75) is 33.2 Å². The topological polar surface area (TPSA) is 15.3 Å². The molecule has 0 radical (unpaired) electrons. The maximum atomic E-state index is 6.39. The van der Waals surface area contributed by atoms with E-state index in [1.165, 1.54) is 0 Å². The molecule has 1 N–H and O–H groups in total. The third kappa shape index (κ3) is 3.87. The smallest absolute Gasteiger partial charge is 0.0650 e. The first-order valence-electron chi connectivity index (χ1n) is 6.81. The van der Waals surface area contributed by atoms with Crippen LogP contribution in [0.4, 0.5) is 5.69 Å². The van der Waals surface area contributed by atoms with Crippen LogP contribution < -0.4 is 10.2 Å². The molecule has 1 aromatic carbocycles. The lowest BCUT2D eigenvalue weighted by Crippen LogP contribution is -2.46. The molecule has 0 amide bonds. The largest absolute Gasteiger partial charge is 0.369 e. The second-order valence-electron chi connectivity index (χ2n) is 6.27. The third-order valence-corrected chi connectivity index (χ3v) is 4.49. The number of anilines is 1. The number of hydrogen-bond donors (Lipinski definition) is 1. The Hall–Kier alpha value is -0.250. The molecule has 1 unspecified atom stereocenters. The van der Waals surface area contributed by atoms with Crippen LogP contribution in [0.25, 0.3) is 0 Å². The zero-order chi connectivity index (χ0) is 14.0. The Morgan fingerprint density at radius 3 is 2.74 bits per heavy atom. The van der Waals surface area contributed by atoms with Crippen molar-refractivity contribution in [1.82, 2.24) is 5.32 Å². The van der Waals surface area contributed by atoms with Gasteiger partial charge in [0.25, 0.3) is 0 Å². The molecule has 0 aliphatic carbocycles. The first-order chi connectivity index (χ1) is 8.88. The van der Waals surface area contributed by atoms with Gasteiger partial charge in [0.1, 0.15) is 0 Å². The zero-order valence-electron chi connectivity index (χ0n) is 11.8. The number of nitrogens with one attached hydrogen (secondary N) is 1. The Kier molecular flexibility index (Phi) is 4.80. The van der Waals surface area contributed by atoms with Gasteiger partial charge in [-0.2, -0.15) is 0 Å². The summed E-state index contributed by atoms with van der Waals surface area (Å²) in [6.45, 7) is 10.0. The van der Waals surface area contributed by atoms with Gasteiger partial charge in [-0.15, -0.1) is 0 Å². The Morgan fingerprint density at radius 1 is 1.37 bits per heavy atom. The fraction of sp³-hybridized carbons (Fsp3) is 0.600. The van der Waals surface area contributed by atoms with E-state index in [-0.39, 0.29) is 5.41 Å². The number of hydrogen-bond acceptors (Lipinski definition) is 2. The predicted molar refractivity (Wildman–Crippen MR) is 87.2 cm³/mol. The van der Waals surface area contributed by atoms with E-state index in [0.29, 0.717) is 6.04 Å². The van der Waals surface area contributed by atoms with Crippen LogP contribution >= 0.6 is 27.5 Å². The summed E-state index contributed by atoms with van der Waals surface area (Å²) in [5.74, 6) is 0. The van der Waals surface area contributed by atoms with Crippen molar-refractivity contribution in [3.05, 3.63) is 27.7 Å². The predicted octanol–water partition coefficient (Wildman–Crippen LogP) is 4.32. The fourth-order valence-corrected chi connectivity index (χ4v) is 3.25. The van der Waals surface area contributed by atoms with Gasteiger partial charge in [0.15, 0.2) is 0 Å². The Balaban J connectivity index is 2.22. The Bertz CT molecular complexity index is 442. The molecule has 0 bridgehead atoms. The van der Waals surface area contributed by atoms with Crippen LogP contribution in [0.1, 0.15) is 27.2 Å². The maximum Gasteiger partial charge on any atom is 0.0650 e. The van der Waals surface area contributed by atoms with Crippen LogP contribution in [0, 0.1) is 5.41 Å². The molecule has 19 heavy (non-hydrogen) atoms. The molecular formula is C15H22BrClN2. The molecule has 4 heteroatoms. The molecular weight excluding hydrogens is 324 g/mol. The first-order valence-corrected chi connectivity index (χ1v) is 7.98. The van der Waals surface area contributed by atoms with Gasteiger partial charge in [-0.05, 0) is 36.6 Å². The molecule has 1 aromatic rings. The zero-order valence-corrected chi connectivity index (χ0v) is 14.2. The second-order valence-corrected chi connectivity index (χ2v) is 7.59. The van der Waals surface area contributed by atoms with Gasteiger partial charge in [0, 0.05) is 23.6 Å². The molecule has 1 aliphatic rings. The van der Waals surface area contributed by atoms with Gasteiger partial charge in [-0.25, -0.2) is 0 Å². The van der Waals surface area contributed by atoms with Gasteiger partial charge < -0.3 is 10.2 Å². The van der Waals surface area contributed by atoms with Crippen LogP contribution in [0.2, 0.25) is 5.02 Å². The standard InChI is InChI=1S/C15H22BrClN2/c1-15(2,3)14-10-19(8-4-7-18-14)13-6-5-11(16)9-12(13)17/h5-6,9,14,18H,4,7-8,10H2,1-3H3. The van der Waals surface area contributed by atoms with Crippen molar-refractivity contribution in [2.24, 2.45) is 5.41 Å². The summed E-state index contributed by atoms with van der Waals surface area (Å²) in [6.07, 6.45) is 1.15. The summed E-state index contributed by atoms with van der Waals surface area (Å²) in [6, 6.07) is 6.62. The van der Waals surface area contributed by atoms with Crippen molar-refractivity contribution in [3.8, 4) is 0 Å². The van der Waals surface area contributed by atoms with Gasteiger partial charge in [0.05, 0.1) is 10.7 Å². The summed E-state index contributed by atoms with van der Waals surface area (Å²) in [5, 5.41) is 4.48. The van der Waals surface area contributed by atoms with E-state index in [2.05, 4.69) is 59.1 Å². The van der Waals surface area contributed by atoms with E-state index in [4.69, 9.17) is 11.6 Å². The highest BCUT2D eigenvalue weighted by atomic mass is 79.9. The quantitative estimate of drug-likeness (QED) is 0.815. The van der Waals surface area contributed by atoms with E-state index in [1.54, 1.807) is 0 Å². The molecule has 1 saturated heterocycles. The number of halogens is 2. The number of nitrogens with zero attached hydrogens (tertiary/aromatic N) is 1. The van der Waals surface area contributed by atoms with Crippen molar-refractivity contribution < 1.29 is 0 Å². The minimum absolute atomic E-state index is 0.254. The van der Waals surface area contributed by atoms with E-state index in [0.717, 1.165) is 41.2 Å². The van der Waals surface area contributed by atoms with Gasteiger partial charge >= 0.3 is 0 Å². The van der Waals surface area contributed by atoms with Crippen LogP contribution in [-0.4, -0.2) is 25.7 Å². The molecule has 0 saturated carbocycles. The van der Waals surface area contributed by atoms with Crippen LogP contribution in [-0.2, 0) is 0 Å². The lowest BCUT2D eigenvalue weighted by Gasteiger charge is -2.34. The highest BCUT2D eigenvalue weighted by molar-refractivity contribution is 9.10. The molecule has 0 aromatic heterocycles. The molecule has 1 fully saturated rings. The fourth-order valence-electron chi connectivity index (χ4n) is 2.46. The van der Waals surface area contributed by atoms with Crippen LogP contribution in [0.3, 0.4) is 0 Å². The molecule has 2 nitrogen and oxygen atoms in total. The van der Waals surface area contributed by atoms with Gasteiger partial charge in [-0.1, -0.05) is 48.3 Å². The summed E-state index contributed by atoms with van der Waals surface area (Å²) < 4.78 is 1.03. The van der Waals surface area contributed by atoms with Crippen molar-refractivity contribution in [2.75, 3.05) is 24.5 Å². The lowest BCUT2D eigenvalue weighted by atomic mass is 9.86.